The summed E-state index contributed by atoms with van der Waals surface area (Å²) in [6, 6.07) is 2.68. The number of para-hydroxylation sites is 1. The summed E-state index contributed by atoms with van der Waals surface area (Å²) in [7, 11) is 0. The summed E-state index contributed by atoms with van der Waals surface area (Å²) in [4.78, 5) is 199. The number of fused-ring (bicyclic) bond motifs is 2. The zero-order chi connectivity index (χ0) is 69.8. The first-order valence-electron chi connectivity index (χ1n) is 31.7. The molecule has 6 rings (SSSR count). The van der Waals surface area contributed by atoms with Gasteiger partial charge in [0.25, 0.3) is 0 Å². The zero-order valence-corrected chi connectivity index (χ0v) is 53.5. The number of benzene rings is 2. The Morgan fingerprint density at radius 1 is 0.760 bits per heavy atom. The highest BCUT2D eigenvalue weighted by molar-refractivity contribution is 6.00. The van der Waals surface area contributed by atoms with Gasteiger partial charge >= 0.3 is 5.97 Å². The van der Waals surface area contributed by atoms with Gasteiger partial charge in [0.1, 0.15) is 54.4 Å². The number of nitrogens with zero attached hydrogens (tertiary/aromatic N) is 3. The van der Waals surface area contributed by atoms with Gasteiger partial charge in [-0.1, -0.05) is 68.3 Å². The highest BCUT2D eigenvalue weighted by atomic mass is 16.7. The number of rotatable bonds is 25. The van der Waals surface area contributed by atoms with Crippen molar-refractivity contribution in [3.63, 3.8) is 0 Å². The number of nitrogens with two attached hydrogens (primary N) is 4. The lowest BCUT2D eigenvalue weighted by atomic mass is 10.0. The normalized spacial score (nSPS) is 21.3. The average molecular weight is 1340 g/mol. The summed E-state index contributed by atoms with van der Waals surface area (Å²) in [6.45, 7) is 1.70. The molecule has 1 unspecified atom stereocenters. The van der Waals surface area contributed by atoms with Crippen molar-refractivity contribution in [3.05, 3.63) is 90.1 Å². The molecule has 2 aromatic heterocycles. The Hall–Kier alpha value is -10.5. The second kappa shape index (κ2) is 37.4. The summed E-state index contributed by atoms with van der Waals surface area (Å²) in [5.41, 5.74) is 27.1. The van der Waals surface area contributed by atoms with E-state index in [1.165, 1.54) is 12.5 Å². The fourth-order valence-corrected chi connectivity index (χ4v) is 10.9. The van der Waals surface area contributed by atoms with Crippen molar-refractivity contribution in [2.24, 2.45) is 27.9 Å². The molecule has 0 bridgehead atoms. The second-order valence-electron chi connectivity index (χ2n) is 23.5. The van der Waals surface area contributed by atoms with Crippen molar-refractivity contribution in [1.82, 2.24) is 73.2 Å². The first-order chi connectivity index (χ1) is 45.9. The van der Waals surface area contributed by atoms with Crippen LogP contribution in [0.5, 0.6) is 0 Å². The van der Waals surface area contributed by atoms with Crippen LogP contribution >= 0.6 is 0 Å². The molecule has 0 aliphatic carbocycles. The van der Waals surface area contributed by atoms with E-state index in [9.17, 15) is 62.6 Å². The topological polar surface area (TPSA) is 536 Å². The van der Waals surface area contributed by atoms with E-state index in [4.69, 9.17) is 27.8 Å². The predicted octanol–water partition coefficient (Wildman–Crippen LogP) is -4.49. The Morgan fingerprint density at radius 3 is 2.16 bits per heavy atom. The Morgan fingerprint density at radius 2 is 1.46 bits per heavy atom. The molecule has 0 spiro atoms. The number of carbonyl (C=O) groups excluding carboxylic acids is 13. The standard InChI is InChI=1S/C62H87N19O15/c1-3-4-16-42(74-51(85)31-70-54(88)47(26-37-30-67-33-71-37)79-59(93)48(28-50(63)84)73-34(2)82)55(89)77-44-20-21-52(86)96-72-23-11-10-18-41(53(64)87)75-58(92)46(25-36-29-69-40-17-9-8-15-39(36)40)78-56(90)43(19-12-22-68-62(65)66)76-57(91)45(24-35-13-6-5-7-14-35)80-60(94)49-27-38(83)32-81(49)61(44)95/h5-9,13-15,17,29-30,33,38,41-49,69,72,83H,3-4,10-12,16,18-28,31-32H2,1-2H3,(H2,63,84)(H2,64,87)(H,67,71)(H,70,88)(H,73,82)(H,74,85)(H,75,92)(H,76,91)(H,77,89)(H,78,90)(H,79,93)(H,80,94)(H4,65,66,68)/t38?,41-,42-,43-,44-,45+,46-,47-,48-,49-/m0/s1. The van der Waals surface area contributed by atoms with Gasteiger partial charge < -0.3 is 95.6 Å². The number of amides is 12. The molecule has 34 nitrogen and oxygen atoms in total. The van der Waals surface area contributed by atoms with Crippen LogP contribution in [0, 0.1) is 0 Å². The second-order valence-corrected chi connectivity index (χ2v) is 23.5. The number of nitrogens with one attached hydrogen (secondary N) is 12. The SMILES string of the molecule is CCCC[C@H](NC(=O)CNC(=O)[C@H](Cc1cnc[nH]1)NC(=O)[C@H](CC(N)=O)NC(C)=O)C(=O)N[C@H]1CCC(=O)ONCCCC[C@@H](C(N)=O)NC(=O)[C@H](Cc2c[nH]c3ccccc23)NC(=O)[C@H](CCCN=C(N)N)NC(=O)[C@@H](Cc2ccccc2)NC(=O)[C@@H]2CC(O)CN2C1=O. The van der Waals surface area contributed by atoms with E-state index >= 15 is 4.79 Å². The van der Waals surface area contributed by atoms with Crippen LogP contribution in [0.2, 0.25) is 0 Å². The maximum Gasteiger partial charge on any atom is 0.324 e. The lowest BCUT2D eigenvalue weighted by Crippen LogP contribution is -2.60. The van der Waals surface area contributed by atoms with E-state index in [0.29, 0.717) is 29.7 Å². The largest absolute Gasteiger partial charge is 0.391 e. The molecule has 96 heavy (non-hydrogen) atoms. The molecule has 4 heterocycles. The van der Waals surface area contributed by atoms with Gasteiger partial charge in [0.15, 0.2) is 5.96 Å². The molecule has 2 fully saturated rings. The van der Waals surface area contributed by atoms with Crippen molar-refractivity contribution >= 4 is 93.7 Å². The van der Waals surface area contributed by atoms with Gasteiger partial charge in [-0.15, -0.1) is 0 Å². The number of H-pyrrole nitrogens is 2. The van der Waals surface area contributed by atoms with Crippen molar-refractivity contribution in [2.75, 3.05) is 26.2 Å². The monoisotopic (exact) mass is 1340 g/mol. The van der Waals surface area contributed by atoms with E-state index in [0.717, 1.165) is 22.7 Å². The number of aliphatic imine (C=N–C) groups is 1. The number of hydrogen-bond donors (Lipinski definition) is 17. The number of hydroxylamine groups is 1. The van der Waals surface area contributed by atoms with Crippen LogP contribution in [0.1, 0.15) is 108 Å². The lowest BCUT2D eigenvalue weighted by Gasteiger charge is -2.31. The van der Waals surface area contributed by atoms with E-state index in [2.05, 4.69) is 73.3 Å². The molecule has 2 aliphatic rings. The minimum atomic E-state index is -1.66. The molecule has 0 saturated carbocycles. The average Bonchev–Trinajstić information content (AvgIpc) is 1.66. The van der Waals surface area contributed by atoms with Crippen molar-refractivity contribution in [1.29, 1.82) is 0 Å². The minimum absolute atomic E-state index is 0.00252. The number of guanidine groups is 1. The first kappa shape index (κ1) is 74.5. The Kier molecular flexibility index (Phi) is 29.0. The van der Waals surface area contributed by atoms with Crippen LogP contribution < -0.4 is 76.3 Å². The van der Waals surface area contributed by atoms with Crippen LogP contribution in [-0.2, 0) is 86.4 Å². The molecular weight excluding hydrogens is 1250 g/mol. The van der Waals surface area contributed by atoms with E-state index < -0.39 is 170 Å². The third-order valence-corrected chi connectivity index (χ3v) is 15.8. The number of carbonyl (C=O) groups is 13. The number of aromatic nitrogens is 3. The molecule has 2 saturated heterocycles. The fraction of sp³-hybridized carbons (Fsp3) is 0.500. The van der Waals surface area contributed by atoms with Crippen LogP contribution in [0.25, 0.3) is 10.9 Å². The molecule has 12 amide bonds. The van der Waals surface area contributed by atoms with Crippen molar-refractivity contribution in [2.45, 2.75) is 171 Å². The maximum absolute atomic E-state index is 15.0. The van der Waals surface area contributed by atoms with Crippen molar-refractivity contribution in [3.8, 4) is 0 Å². The molecule has 34 heteroatoms. The van der Waals surface area contributed by atoms with Gasteiger partial charge in [-0.2, -0.15) is 5.48 Å². The number of unbranched alkanes of at least 4 members (excludes halogenated alkanes) is 1. The molecule has 10 atom stereocenters. The Balaban J connectivity index is 1.28. The van der Waals surface area contributed by atoms with Crippen molar-refractivity contribution < 1.29 is 72.3 Å². The summed E-state index contributed by atoms with van der Waals surface area (Å²) < 4.78 is 0. The highest BCUT2D eigenvalue weighted by Gasteiger charge is 2.44. The molecule has 4 aromatic rings. The van der Waals surface area contributed by atoms with Crippen LogP contribution in [-0.4, -0.2) is 194 Å². The third-order valence-electron chi connectivity index (χ3n) is 15.8. The summed E-state index contributed by atoms with van der Waals surface area (Å²) in [6.07, 6.45) is 1.84. The number of aliphatic hydroxyl groups excluding tert-OH is 1. The van der Waals surface area contributed by atoms with E-state index in [1.54, 1.807) is 49.5 Å². The molecule has 2 aliphatic heterocycles. The number of aromatic amines is 2. The minimum Gasteiger partial charge on any atom is -0.391 e. The van der Waals surface area contributed by atoms with Crippen LogP contribution in [0.15, 0.2) is 78.3 Å². The first-order valence-corrected chi connectivity index (χ1v) is 31.7. The molecule has 21 N–H and O–H groups in total. The third kappa shape index (κ3) is 23.8. The molecule has 520 valence electrons. The maximum atomic E-state index is 15.0. The van der Waals surface area contributed by atoms with E-state index in [-0.39, 0.29) is 83.3 Å². The van der Waals surface area contributed by atoms with E-state index in [1.807, 2.05) is 18.2 Å². The van der Waals surface area contributed by atoms with Gasteiger partial charge in [0, 0.05) is 87.7 Å². The summed E-state index contributed by atoms with van der Waals surface area (Å²) >= 11 is 0. The lowest BCUT2D eigenvalue weighted by molar-refractivity contribution is -0.152. The highest BCUT2D eigenvalue weighted by Crippen LogP contribution is 2.23. The number of aliphatic hydroxyl groups is 1. The summed E-state index contributed by atoms with van der Waals surface area (Å²) in [5, 5.41) is 35.2. The number of primary amides is 2. The fourth-order valence-electron chi connectivity index (χ4n) is 10.9. The quantitative estimate of drug-likeness (QED) is 0.0169. The smallest absolute Gasteiger partial charge is 0.324 e. The van der Waals surface area contributed by atoms with Gasteiger partial charge in [0.2, 0.25) is 70.9 Å². The van der Waals surface area contributed by atoms with Gasteiger partial charge in [0.05, 0.1) is 25.4 Å². The van der Waals surface area contributed by atoms with Crippen LogP contribution in [0.3, 0.4) is 0 Å². The predicted molar refractivity (Wildman–Crippen MR) is 344 cm³/mol. The van der Waals surface area contributed by atoms with Crippen LogP contribution in [0.4, 0.5) is 0 Å². The van der Waals surface area contributed by atoms with Gasteiger partial charge in [-0.3, -0.25) is 67.3 Å². The summed E-state index contributed by atoms with van der Waals surface area (Å²) in [5.74, 6) is -11.8. The van der Waals surface area contributed by atoms with Gasteiger partial charge in [-0.25, -0.2) is 4.98 Å². The Bertz CT molecular complexity index is 3380. The molecular formula is C62H87N19O15. The zero-order valence-electron chi connectivity index (χ0n) is 53.5. The number of imidazole rings is 1. The van der Waals surface area contributed by atoms with Gasteiger partial charge in [-0.05, 0) is 62.1 Å². The molecule has 0 radical (unpaired) electrons. The molecule has 2 aromatic carbocycles. The number of hydrogen-bond acceptors (Lipinski definition) is 18. The Labute approximate surface area is 552 Å².